The molecule has 1 aliphatic heterocycles. The Kier molecular flexibility index (Phi) is 4.11. The van der Waals surface area contributed by atoms with Crippen LogP contribution in [0, 0.1) is 0 Å². The van der Waals surface area contributed by atoms with Gasteiger partial charge in [-0.05, 0) is 56.7 Å². The van der Waals surface area contributed by atoms with Crippen LogP contribution in [0.2, 0.25) is 0 Å². The first-order valence-electron chi connectivity index (χ1n) is 11.2. The van der Waals surface area contributed by atoms with Crippen molar-refractivity contribution in [2.24, 2.45) is 0 Å². The summed E-state index contributed by atoms with van der Waals surface area (Å²) in [5.74, 6) is 0. The molecule has 3 nitrogen and oxygen atoms in total. The molecule has 1 aromatic heterocycles. The van der Waals surface area contributed by atoms with E-state index < -0.39 is 7.12 Å². The molecule has 1 fully saturated rings. The summed E-state index contributed by atoms with van der Waals surface area (Å²) < 4.78 is 15.3. The van der Waals surface area contributed by atoms with E-state index in [1.807, 2.05) is 0 Å². The van der Waals surface area contributed by atoms with Crippen LogP contribution >= 0.6 is 0 Å². The Morgan fingerprint density at radius 1 is 0.625 bits per heavy atom. The van der Waals surface area contributed by atoms with Crippen LogP contribution < -0.4 is 5.46 Å². The van der Waals surface area contributed by atoms with Gasteiger partial charge in [0.05, 0.1) is 22.2 Å². The van der Waals surface area contributed by atoms with Crippen LogP contribution in [-0.4, -0.2) is 22.9 Å². The van der Waals surface area contributed by atoms with E-state index in [1.54, 1.807) is 0 Å². The number of aromatic nitrogens is 1. The zero-order chi connectivity index (χ0) is 22.1. The molecular weight excluding hydrogens is 393 g/mol. The molecule has 4 aromatic carbocycles. The summed E-state index contributed by atoms with van der Waals surface area (Å²) in [4.78, 5) is 0. The second kappa shape index (κ2) is 6.71. The average Bonchev–Trinajstić information content (AvgIpc) is 3.23. The highest BCUT2D eigenvalue weighted by Gasteiger charge is 2.52. The Bertz CT molecular complexity index is 1480. The second-order valence-electron chi connectivity index (χ2n) is 9.68. The molecule has 0 atom stereocenters. The van der Waals surface area contributed by atoms with Gasteiger partial charge in [-0.2, -0.15) is 0 Å². The zero-order valence-corrected chi connectivity index (χ0v) is 18.9. The topological polar surface area (TPSA) is 23.4 Å². The van der Waals surface area contributed by atoms with Gasteiger partial charge < -0.3 is 13.9 Å². The van der Waals surface area contributed by atoms with Crippen molar-refractivity contribution in [2.45, 2.75) is 38.9 Å². The molecular formula is C28H26BNO2. The number of para-hydroxylation sites is 2. The van der Waals surface area contributed by atoms with Gasteiger partial charge in [0.25, 0.3) is 0 Å². The number of fused-ring (bicyclic) bond motifs is 5. The fourth-order valence-corrected chi connectivity index (χ4v) is 4.86. The molecule has 0 spiro atoms. The van der Waals surface area contributed by atoms with Crippen molar-refractivity contribution in [2.75, 3.05) is 0 Å². The summed E-state index contributed by atoms with van der Waals surface area (Å²) in [6.45, 7) is 8.40. The van der Waals surface area contributed by atoms with Gasteiger partial charge in [0, 0.05) is 21.9 Å². The lowest BCUT2D eigenvalue weighted by atomic mass is 9.77. The lowest BCUT2D eigenvalue weighted by Gasteiger charge is -2.32. The molecule has 5 aromatic rings. The van der Waals surface area contributed by atoms with E-state index in [4.69, 9.17) is 9.31 Å². The molecule has 158 valence electrons. The monoisotopic (exact) mass is 419 g/mol. The van der Waals surface area contributed by atoms with Crippen LogP contribution in [0.1, 0.15) is 27.7 Å². The predicted octanol–water partition coefficient (Wildman–Crippen LogP) is 6.24. The zero-order valence-electron chi connectivity index (χ0n) is 18.9. The Morgan fingerprint density at radius 3 is 2.03 bits per heavy atom. The molecule has 4 heteroatoms. The highest BCUT2D eigenvalue weighted by molar-refractivity contribution is 6.63. The first-order valence-corrected chi connectivity index (χ1v) is 11.2. The van der Waals surface area contributed by atoms with E-state index in [2.05, 4.69) is 117 Å². The number of nitrogens with zero attached hydrogens (tertiary/aromatic N) is 1. The van der Waals surface area contributed by atoms with Crippen LogP contribution in [0.5, 0.6) is 0 Å². The summed E-state index contributed by atoms with van der Waals surface area (Å²) in [5, 5.41) is 5.06. The van der Waals surface area contributed by atoms with Crippen molar-refractivity contribution in [3.8, 4) is 5.69 Å². The van der Waals surface area contributed by atoms with E-state index in [9.17, 15) is 0 Å². The van der Waals surface area contributed by atoms with Crippen molar-refractivity contribution in [3.63, 3.8) is 0 Å². The fourth-order valence-electron chi connectivity index (χ4n) is 4.86. The number of benzene rings is 4. The minimum Gasteiger partial charge on any atom is -0.399 e. The Balaban J connectivity index is 1.67. The number of rotatable bonds is 2. The first kappa shape index (κ1) is 19.6. The van der Waals surface area contributed by atoms with Gasteiger partial charge in [-0.3, -0.25) is 0 Å². The van der Waals surface area contributed by atoms with Crippen molar-refractivity contribution in [1.82, 2.24) is 4.57 Å². The van der Waals surface area contributed by atoms with Gasteiger partial charge in [0.2, 0.25) is 0 Å². The van der Waals surface area contributed by atoms with Gasteiger partial charge in [-0.1, -0.05) is 66.7 Å². The normalized spacial score (nSPS) is 17.6. The van der Waals surface area contributed by atoms with Crippen molar-refractivity contribution in [1.29, 1.82) is 0 Å². The molecule has 0 saturated carbocycles. The highest BCUT2D eigenvalue weighted by Crippen LogP contribution is 2.39. The van der Waals surface area contributed by atoms with E-state index in [-0.39, 0.29) is 11.2 Å². The number of hydrogen-bond donors (Lipinski definition) is 0. The maximum atomic E-state index is 6.45. The van der Waals surface area contributed by atoms with Gasteiger partial charge in [0.15, 0.2) is 0 Å². The lowest BCUT2D eigenvalue weighted by Crippen LogP contribution is -2.41. The van der Waals surface area contributed by atoms with Crippen molar-refractivity contribution < 1.29 is 9.31 Å². The third kappa shape index (κ3) is 2.70. The van der Waals surface area contributed by atoms with Gasteiger partial charge in [0.1, 0.15) is 0 Å². The summed E-state index contributed by atoms with van der Waals surface area (Å²) in [6, 6.07) is 30.2. The van der Waals surface area contributed by atoms with Gasteiger partial charge in [-0.25, -0.2) is 0 Å². The maximum Gasteiger partial charge on any atom is 0.496 e. The van der Waals surface area contributed by atoms with Crippen molar-refractivity contribution >= 4 is 45.2 Å². The Labute approximate surface area is 188 Å². The molecule has 0 radical (unpaired) electrons. The molecule has 1 aliphatic rings. The fraction of sp³-hybridized carbons (Fsp3) is 0.214. The summed E-state index contributed by atoms with van der Waals surface area (Å²) in [6.07, 6.45) is 0. The third-order valence-corrected chi connectivity index (χ3v) is 7.25. The van der Waals surface area contributed by atoms with Crippen LogP contribution in [0.15, 0.2) is 84.9 Å². The van der Waals surface area contributed by atoms with Gasteiger partial charge >= 0.3 is 7.12 Å². The van der Waals surface area contributed by atoms with Gasteiger partial charge in [-0.15, -0.1) is 0 Å². The van der Waals surface area contributed by atoms with E-state index >= 15 is 0 Å². The van der Waals surface area contributed by atoms with Crippen molar-refractivity contribution in [3.05, 3.63) is 84.9 Å². The minimum atomic E-state index is -0.423. The standard InChI is InChI=1S/C28H26BNO2/c1-27(2)28(3,4)32-29(31-27)22-14-8-10-16-24(22)30-23-15-9-7-13-21(23)26-20-12-6-5-11-19(20)17-18-25(26)30/h5-18H,1-4H3. The van der Waals surface area contributed by atoms with Crippen LogP contribution in [0.4, 0.5) is 0 Å². The predicted molar refractivity (Wildman–Crippen MR) is 134 cm³/mol. The minimum absolute atomic E-state index is 0.387. The Morgan fingerprint density at radius 2 is 1.25 bits per heavy atom. The molecule has 32 heavy (non-hydrogen) atoms. The average molecular weight is 419 g/mol. The molecule has 0 aliphatic carbocycles. The molecule has 6 rings (SSSR count). The SMILES string of the molecule is CC1(C)OB(c2ccccc2-n2c3ccccc3c3c4ccccc4ccc32)OC1(C)C. The smallest absolute Gasteiger partial charge is 0.399 e. The summed E-state index contributed by atoms with van der Waals surface area (Å²) in [7, 11) is -0.423. The summed E-state index contributed by atoms with van der Waals surface area (Å²) >= 11 is 0. The third-order valence-electron chi connectivity index (χ3n) is 7.25. The first-order chi connectivity index (χ1) is 15.4. The van der Waals surface area contributed by atoms with E-state index in [0.717, 1.165) is 11.2 Å². The summed E-state index contributed by atoms with van der Waals surface area (Å²) in [5.41, 5.74) is 3.73. The highest BCUT2D eigenvalue weighted by atomic mass is 16.7. The Hall–Kier alpha value is -3.08. The largest absolute Gasteiger partial charge is 0.496 e. The molecule has 0 unspecified atom stereocenters. The molecule has 0 bridgehead atoms. The van der Waals surface area contributed by atoms with Crippen LogP contribution in [0.25, 0.3) is 38.3 Å². The quantitative estimate of drug-likeness (QED) is 0.317. The van der Waals surface area contributed by atoms with Crippen LogP contribution in [-0.2, 0) is 9.31 Å². The van der Waals surface area contributed by atoms with E-state index in [0.29, 0.717) is 0 Å². The van der Waals surface area contributed by atoms with E-state index in [1.165, 1.54) is 32.6 Å². The second-order valence-corrected chi connectivity index (χ2v) is 9.68. The number of hydrogen-bond acceptors (Lipinski definition) is 2. The molecule has 0 amide bonds. The molecule has 0 N–H and O–H groups in total. The maximum absolute atomic E-state index is 6.45. The molecule has 2 heterocycles. The lowest BCUT2D eigenvalue weighted by molar-refractivity contribution is 0.00578. The van der Waals surface area contributed by atoms with Crippen LogP contribution in [0.3, 0.4) is 0 Å². The molecule has 1 saturated heterocycles.